The lowest BCUT2D eigenvalue weighted by atomic mass is 10.1. The lowest BCUT2D eigenvalue weighted by molar-refractivity contribution is 0.174. The van der Waals surface area contributed by atoms with Crippen LogP contribution in [0.4, 0.5) is 5.69 Å². The Labute approximate surface area is 243 Å². The van der Waals surface area contributed by atoms with Crippen molar-refractivity contribution in [3.05, 3.63) is 96.3 Å². The molecule has 0 aliphatic heterocycles. The van der Waals surface area contributed by atoms with Crippen molar-refractivity contribution in [3.63, 3.8) is 0 Å². The third-order valence-electron chi connectivity index (χ3n) is 6.96. The second kappa shape index (κ2) is 15.5. The molecule has 0 spiro atoms. The summed E-state index contributed by atoms with van der Waals surface area (Å²) in [5, 5.41) is 13.5. The topological polar surface area (TPSA) is 117 Å². The third-order valence-corrected chi connectivity index (χ3v) is 8.36. The number of anilines is 1. The molecule has 9 heteroatoms. The van der Waals surface area contributed by atoms with E-state index in [1.165, 1.54) is 32.1 Å². The minimum Gasteiger partial charge on any atom is -0.448 e. The Morgan fingerprint density at radius 2 is 1.68 bits per heavy atom. The average molecular weight is 577 g/mol. The van der Waals surface area contributed by atoms with Crippen LogP contribution in [0.1, 0.15) is 68.6 Å². The summed E-state index contributed by atoms with van der Waals surface area (Å²) in [5.41, 5.74) is 3.85. The van der Waals surface area contributed by atoms with E-state index in [9.17, 15) is 13.5 Å². The first-order valence-corrected chi connectivity index (χ1v) is 15.9. The van der Waals surface area contributed by atoms with E-state index in [4.69, 9.17) is 4.42 Å². The number of aliphatic hydroxyl groups excluding tert-OH is 1. The molecule has 0 saturated carbocycles. The summed E-state index contributed by atoms with van der Waals surface area (Å²) in [6.45, 7) is 3.33. The van der Waals surface area contributed by atoms with E-state index in [0.29, 0.717) is 24.5 Å². The molecule has 2 heterocycles. The lowest BCUT2D eigenvalue weighted by Crippen LogP contribution is -2.23. The average Bonchev–Trinajstić information content (AvgIpc) is 3.47. The maximum absolute atomic E-state index is 13.0. The van der Waals surface area contributed by atoms with Crippen LogP contribution in [-0.2, 0) is 22.9 Å². The summed E-state index contributed by atoms with van der Waals surface area (Å²) in [6, 6.07) is 17.6. The van der Waals surface area contributed by atoms with Gasteiger partial charge in [-0.15, -0.1) is 0 Å². The monoisotopic (exact) mass is 576 g/mol. The van der Waals surface area contributed by atoms with Gasteiger partial charge in [0.1, 0.15) is 12.0 Å². The van der Waals surface area contributed by atoms with E-state index in [1.807, 2.05) is 18.2 Å². The van der Waals surface area contributed by atoms with Crippen LogP contribution >= 0.6 is 0 Å². The van der Waals surface area contributed by atoms with Crippen molar-refractivity contribution in [2.24, 2.45) is 0 Å². The Kier molecular flexibility index (Phi) is 11.5. The molecule has 4 aromatic rings. The summed E-state index contributed by atoms with van der Waals surface area (Å²) in [6.07, 6.45) is 13.2. The predicted octanol–water partition coefficient (Wildman–Crippen LogP) is 6.31. The molecular formula is C32H40N4O4S. The van der Waals surface area contributed by atoms with Crippen molar-refractivity contribution in [3.8, 4) is 11.3 Å². The number of nitrogens with zero attached hydrogens (tertiary/aromatic N) is 2. The number of hydrogen-bond donors (Lipinski definition) is 3. The molecule has 0 bridgehead atoms. The van der Waals surface area contributed by atoms with Crippen molar-refractivity contribution < 1.29 is 17.9 Å². The van der Waals surface area contributed by atoms with E-state index in [0.717, 1.165) is 41.8 Å². The molecule has 0 fully saturated rings. The number of rotatable bonds is 17. The highest BCUT2D eigenvalue weighted by Gasteiger charge is 2.15. The highest BCUT2D eigenvalue weighted by atomic mass is 32.2. The van der Waals surface area contributed by atoms with Gasteiger partial charge in [0, 0.05) is 42.2 Å². The van der Waals surface area contributed by atoms with Gasteiger partial charge in [0.15, 0.2) is 5.89 Å². The van der Waals surface area contributed by atoms with Gasteiger partial charge in [-0.2, -0.15) is 0 Å². The largest absolute Gasteiger partial charge is 0.448 e. The number of oxazole rings is 1. The number of nitrogens with one attached hydrogen (secondary N) is 2. The highest BCUT2D eigenvalue weighted by Crippen LogP contribution is 2.23. The van der Waals surface area contributed by atoms with Gasteiger partial charge in [0.05, 0.1) is 11.0 Å². The molecule has 3 N–H and O–H groups in total. The second-order valence-corrected chi connectivity index (χ2v) is 11.9. The van der Waals surface area contributed by atoms with Crippen LogP contribution in [0, 0.1) is 0 Å². The minimum absolute atomic E-state index is 0.178. The first-order chi connectivity index (χ1) is 19.9. The van der Waals surface area contributed by atoms with E-state index in [1.54, 1.807) is 61.1 Å². The van der Waals surface area contributed by atoms with Gasteiger partial charge in [-0.25, -0.2) is 13.4 Å². The maximum Gasteiger partial charge on any atom is 0.261 e. The number of pyridine rings is 1. The maximum atomic E-state index is 13.0. The van der Waals surface area contributed by atoms with E-state index in [-0.39, 0.29) is 4.90 Å². The molecule has 41 heavy (non-hydrogen) atoms. The fourth-order valence-corrected chi connectivity index (χ4v) is 5.59. The second-order valence-electron chi connectivity index (χ2n) is 10.2. The lowest BCUT2D eigenvalue weighted by Gasteiger charge is -2.12. The molecule has 0 aliphatic carbocycles. The Balaban J connectivity index is 1.23. The molecule has 0 aliphatic rings. The van der Waals surface area contributed by atoms with Crippen LogP contribution in [0.5, 0.6) is 0 Å². The number of aryl methyl sites for hydroxylation is 1. The van der Waals surface area contributed by atoms with Gasteiger partial charge in [0.25, 0.3) is 10.0 Å². The zero-order valence-electron chi connectivity index (χ0n) is 23.6. The molecular weight excluding hydrogens is 536 g/mol. The molecule has 2 aromatic carbocycles. The van der Waals surface area contributed by atoms with Crippen LogP contribution in [0.25, 0.3) is 11.3 Å². The Morgan fingerprint density at radius 1 is 0.927 bits per heavy atom. The Bertz CT molecular complexity index is 1420. The number of sulfonamides is 1. The van der Waals surface area contributed by atoms with Crippen LogP contribution in [0.15, 0.2) is 88.6 Å². The number of aliphatic hydroxyl groups is 1. The summed E-state index contributed by atoms with van der Waals surface area (Å²) in [7, 11) is -3.74. The SMILES string of the molecule is CCCCCCCCc1nc(-c2ccc(S(=O)(=O)Nc3ccc(CCNCC(O)c4cccnc4)cc3)cc2)co1. The van der Waals surface area contributed by atoms with Crippen molar-refractivity contribution >= 4 is 15.7 Å². The summed E-state index contributed by atoms with van der Waals surface area (Å²) < 4.78 is 34.2. The first-order valence-electron chi connectivity index (χ1n) is 14.4. The molecule has 8 nitrogen and oxygen atoms in total. The molecule has 0 amide bonds. The molecule has 0 radical (unpaired) electrons. The van der Waals surface area contributed by atoms with Crippen LogP contribution in [0.2, 0.25) is 0 Å². The molecule has 1 unspecified atom stereocenters. The normalized spacial score (nSPS) is 12.3. The predicted molar refractivity (Wildman–Crippen MR) is 162 cm³/mol. The van der Waals surface area contributed by atoms with Gasteiger partial charge < -0.3 is 14.8 Å². The van der Waals surface area contributed by atoms with E-state index < -0.39 is 16.1 Å². The van der Waals surface area contributed by atoms with Gasteiger partial charge in [-0.05, 0) is 55.3 Å². The summed E-state index contributed by atoms with van der Waals surface area (Å²) in [5.74, 6) is 0.718. The Morgan fingerprint density at radius 3 is 2.41 bits per heavy atom. The van der Waals surface area contributed by atoms with Gasteiger partial charge in [0.2, 0.25) is 0 Å². The zero-order valence-corrected chi connectivity index (χ0v) is 24.4. The van der Waals surface area contributed by atoms with Gasteiger partial charge in [-0.1, -0.05) is 69.4 Å². The first kappa shape index (κ1) is 30.4. The van der Waals surface area contributed by atoms with Crippen molar-refractivity contribution in [2.75, 3.05) is 17.8 Å². The van der Waals surface area contributed by atoms with Gasteiger partial charge in [-0.3, -0.25) is 9.71 Å². The minimum atomic E-state index is -3.74. The number of hydrogen-bond acceptors (Lipinski definition) is 7. The number of benzene rings is 2. The van der Waals surface area contributed by atoms with Crippen LogP contribution in [0.3, 0.4) is 0 Å². The summed E-state index contributed by atoms with van der Waals surface area (Å²) in [4.78, 5) is 8.78. The smallest absolute Gasteiger partial charge is 0.261 e. The van der Waals surface area contributed by atoms with Crippen LogP contribution < -0.4 is 10.0 Å². The molecule has 4 rings (SSSR count). The molecule has 218 valence electrons. The van der Waals surface area contributed by atoms with Gasteiger partial charge >= 0.3 is 0 Å². The number of unbranched alkanes of at least 4 members (excludes halogenated alkanes) is 5. The number of aromatic nitrogens is 2. The molecule has 1 atom stereocenters. The highest BCUT2D eigenvalue weighted by molar-refractivity contribution is 7.92. The van der Waals surface area contributed by atoms with Crippen molar-refractivity contribution in [1.82, 2.24) is 15.3 Å². The Hall–Kier alpha value is -3.53. The molecule has 0 saturated heterocycles. The van der Waals surface area contributed by atoms with E-state index >= 15 is 0 Å². The third kappa shape index (κ3) is 9.52. The zero-order chi connectivity index (χ0) is 28.9. The standard InChI is InChI=1S/C32H40N4O4S/c1-2-3-4-5-6-7-10-32-35-30(24-40-32)26-13-17-29(18-14-26)41(38,39)36-28-15-11-25(12-16-28)19-21-34-23-31(37)27-9-8-20-33-22-27/h8-9,11-18,20,22,24,31,34,36-37H,2-7,10,19,21,23H2,1H3. The van der Waals surface area contributed by atoms with Crippen LogP contribution in [-0.4, -0.2) is 36.6 Å². The fourth-order valence-electron chi connectivity index (χ4n) is 4.54. The summed E-state index contributed by atoms with van der Waals surface area (Å²) >= 11 is 0. The van der Waals surface area contributed by atoms with E-state index in [2.05, 4.69) is 26.9 Å². The fraction of sp³-hybridized carbons (Fsp3) is 0.375. The molecule has 2 aromatic heterocycles. The van der Waals surface area contributed by atoms with Crippen molar-refractivity contribution in [1.29, 1.82) is 0 Å². The quantitative estimate of drug-likeness (QED) is 0.126. The van der Waals surface area contributed by atoms with Crippen molar-refractivity contribution in [2.45, 2.75) is 69.3 Å².